The van der Waals surface area contributed by atoms with Crippen LogP contribution in [0, 0.1) is 18.3 Å². The van der Waals surface area contributed by atoms with E-state index < -0.39 is 5.54 Å². The minimum atomic E-state index is -0.719. The van der Waals surface area contributed by atoms with Crippen LogP contribution in [-0.4, -0.2) is 17.8 Å². The summed E-state index contributed by atoms with van der Waals surface area (Å²) in [4.78, 5) is 0. The van der Waals surface area contributed by atoms with Crippen molar-refractivity contribution in [1.82, 2.24) is 0 Å². The molecule has 0 heterocycles. The molecule has 3 nitrogen and oxygen atoms in total. The van der Waals surface area contributed by atoms with Crippen molar-refractivity contribution in [2.45, 2.75) is 71.9 Å². The number of hydrogen-bond donors (Lipinski definition) is 2. The quantitative estimate of drug-likeness (QED) is 0.769. The highest BCUT2D eigenvalue weighted by Gasteiger charge is 2.30. The molecular formula is C24H35NO2. The Hall–Kier alpha value is -1.58. The van der Waals surface area contributed by atoms with Gasteiger partial charge in [0.05, 0.1) is 18.2 Å². The van der Waals surface area contributed by atoms with Gasteiger partial charge in [-0.2, -0.15) is 0 Å². The van der Waals surface area contributed by atoms with E-state index in [2.05, 4.69) is 52.0 Å². The molecular weight excluding hydrogens is 334 g/mol. The van der Waals surface area contributed by atoms with Crippen LogP contribution < -0.4 is 10.5 Å². The zero-order valence-electron chi connectivity index (χ0n) is 17.5. The van der Waals surface area contributed by atoms with Gasteiger partial charge in [-0.25, -0.2) is 0 Å². The summed E-state index contributed by atoms with van der Waals surface area (Å²) in [6.07, 6.45) is 5.10. The topological polar surface area (TPSA) is 55.5 Å². The Labute approximate surface area is 163 Å². The van der Waals surface area contributed by atoms with Crippen molar-refractivity contribution < 1.29 is 9.84 Å². The van der Waals surface area contributed by atoms with Crippen LogP contribution in [0.15, 0.2) is 30.3 Å². The first-order valence-corrected chi connectivity index (χ1v) is 10.2. The van der Waals surface area contributed by atoms with Crippen molar-refractivity contribution >= 4 is 10.8 Å². The Kier molecular flexibility index (Phi) is 5.56. The van der Waals surface area contributed by atoms with Crippen molar-refractivity contribution in [3.05, 3.63) is 41.5 Å². The van der Waals surface area contributed by atoms with Crippen LogP contribution in [0.3, 0.4) is 0 Å². The molecule has 0 radical (unpaired) electrons. The third-order valence-corrected chi connectivity index (χ3v) is 6.42. The van der Waals surface area contributed by atoms with Crippen LogP contribution in [0.25, 0.3) is 10.8 Å². The third kappa shape index (κ3) is 4.30. The second-order valence-electron chi connectivity index (χ2n) is 9.66. The molecule has 0 spiro atoms. The van der Waals surface area contributed by atoms with Crippen molar-refractivity contribution in [2.24, 2.45) is 17.1 Å². The molecule has 2 aromatic carbocycles. The zero-order chi connectivity index (χ0) is 19.8. The Bertz CT molecular complexity index is 796. The van der Waals surface area contributed by atoms with E-state index in [0.29, 0.717) is 11.5 Å². The lowest BCUT2D eigenvalue weighted by atomic mass is 9.72. The van der Waals surface area contributed by atoms with Gasteiger partial charge in [-0.05, 0) is 84.9 Å². The molecule has 1 aliphatic carbocycles. The minimum absolute atomic E-state index is 0.0735. The fraction of sp³-hybridized carbons (Fsp3) is 0.583. The number of aliphatic hydroxyl groups is 1. The highest BCUT2D eigenvalue weighted by Crippen LogP contribution is 2.39. The molecule has 148 valence electrons. The number of nitrogens with two attached hydrogens (primary N) is 1. The first kappa shape index (κ1) is 20.2. The van der Waals surface area contributed by atoms with E-state index in [9.17, 15) is 5.11 Å². The van der Waals surface area contributed by atoms with Crippen LogP contribution in [0.2, 0.25) is 0 Å². The van der Waals surface area contributed by atoms with E-state index in [0.717, 1.165) is 35.5 Å². The van der Waals surface area contributed by atoms with E-state index in [-0.39, 0.29) is 6.61 Å². The molecule has 1 aliphatic rings. The number of rotatable bonds is 4. The number of hydrogen-bond acceptors (Lipinski definition) is 3. The molecule has 0 amide bonds. The number of fused-ring (bicyclic) bond motifs is 1. The van der Waals surface area contributed by atoms with Crippen LogP contribution in [0.1, 0.15) is 64.5 Å². The summed E-state index contributed by atoms with van der Waals surface area (Å²) in [6.45, 7) is 11.0. The van der Waals surface area contributed by atoms with Crippen molar-refractivity contribution in [3.63, 3.8) is 0 Å². The summed E-state index contributed by atoms with van der Waals surface area (Å²) in [5.74, 6) is 1.79. The molecule has 0 bridgehead atoms. The van der Waals surface area contributed by atoms with Crippen molar-refractivity contribution in [3.8, 4) is 5.75 Å². The maximum Gasteiger partial charge on any atom is 0.123 e. The number of aryl methyl sites for hydroxylation is 1. The lowest BCUT2D eigenvalue weighted by molar-refractivity contribution is 0.0878. The molecule has 1 atom stereocenters. The average molecular weight is 370 g/mol. The molecule has 3 rings (SSSR count). The standard InChI is InChI=1S/C24H35NO2/c1-16-21-12-9-19(24(5,25)15-26)14-17(21)6-13-22(16)27-20-10-7-18(8-11-20)23(2,3)4/h6,9,12-14,18,20,26H,7-8,10-11,15,25H2,1-5H3. The summed E-state index contributed by atoms with van der Waals surface area (Å²) in [7, 11) is 0. The summed E-state index contributed by atoms with van der Waals surface area (Å²) >= 11 is 0. The number of aliphatic hydroxyl groups excluding tert-OH is 1. The van der Waals surface area contributed by atoms with Crippen LogP contribution in [0.4, 0.5) is 0 Å². The summed E-state index contributed by atoms with van der Waals surface area (Å²) in [5.41, 5.74) is 7.99. The van der Waals surface area contributed by atoms with Crippen molar-refractivity contribution in [1.29, 1.82) is 0 Å². The summed E-state index contributed by atoms with van der Waals surface area (Å²) < 4.78 is 6.41. The van der Waals surface area contributed by atoms with Crippen LogP contribution in [-0.2, 0) is 5.54 Å². The van der Waals surface area contributed by atoms with Gasteiger partial charge in [-0.1, -0.05) is 39.0 Å². The van der Waals surface area contributed by atoms with Crippen LogP contribution >= 0.6 is 0 Å². The Morgan fingerprint density at radius 3 is 2.30 bits per heavy atom. The predicted octanol–water partition coefficient (Wildman–Crippen LogP) is 5.30. The van der Waals surface area contributed by atoms with Gasteiger partial charge in [0.25, 0.3) is 0 Å². The monoisotopic (exact) mass is 369 g/mol. The second kappa shape index (κ2) is 7.44. The molecule has 2 aromatic rings. The molecule has 27 heavy (non-hydrogen) atoms. The summed E-state index contributed by atoms with van der Waals surface area (Å²) in [5, 5.41) is 11.9. The first-order valence-electron chi connectivity index (χ1n) is 10.2. The molecule has 1 fully saturated rings. The van der Waals surface area contributed by atoms with E-state index in [1.165, 1.54) is 23.8 Å². The van der Waals surface area contributed by atoms with Gasteiger partial charge in [0.2, 0.25) is 0 Å². The SMILES string of the molecule is Cc1c(OC2CCC(C(C)(C)C)CC2)ccc2cc(C(C)(N)CO)ccc12. The van der Waals surface area contributed by atoms with E-state index in [4.69, 9.17) is 10.5 Å². The molecule has 1 unspecified atom stereocenters. The third-order valence-electron chi connectivity index (χ3n) is 6.42. The minimum Gasteiger partial charge on any atom is -0.490 e. The smallest absolute Gasteiger partial charge is 0.123 e. The fourth-order valence-electron chi connectivity index (χ4n) is 4.27. The molecule has 0 aromatic heterocycles. The molecule has 1 saturated carbocycles. The van der Waals surface area contributed by atoms with Gasteiger partial charge < -0.3 is 15.6 Å². The first-order chi connectivity index (χ1) is 12.6. The van der Waals surface area contributed by atoms with Gasteiger partial charge in [0, 0.05) is 0 Å². The average Bonchev–Trinajstić information content (AvgIpc) is 2.63. The second-order valence-corrected chi connectivity index (χ2v) is 9.66. The Balaban J connectivity index is 1.77. The molecule has 3 N–H and O–H groups in total. The fourth-order valence-corrected chi connectivity index (χ4v) is 4.27. The van der Waals surface area contributed by atoms with Crippen molar-refractivity contribution in [2.75, 3.05) is 6.61 Å². The normalized spacial score (nSPS) is 23.2. The van der Waals surface area contributed by atoms with E-state index in [1.54, 1.807) is 0 Å². The number of benzene rings is 2. The zero-order valence-corrected chi connectivity index (χ0v) is 17.5. The van der Waals surface area contributed by atoms with E-state index >= 15 is 0 Å². The lowest BCUT2D eigenvalue weighted by Gasteiger charge is -2.37. The van der Waals surface area contributed by atoms with Gasteiger partial charge in [-0.3, -0.25) is 0 Å². The lowest BCUT2D eigenvalue weighted by Crippen LogP contribution is -2.36. The molecule has 0 saturated heterocycles. The van der Waals surface area contributed by atoms with Crippen LogP contribution in [0.5, 0.6) is 5.75 Å². The maximum absolute atomic E-state index is 9.52. The Morgan fingerprint density at radius 2 is 1.70 bits per heavy atom. The largest absolute Gasteiger partial charge is 0.490 e. The van der Waals surface area contributed by atoms with E-state index in [1.807, 2.05) is 13.0 Å². The van der Waals surface area contributed by atoms with Gasteiger partial charge in [0.15, 0.2) is 0 Å². The highest BCUT2D eigenvalue weighted by atomic mass is 16.5. The Morgan fingerprint density at radius 1 is 1.04 bits per heavy atom. The maximum atomic E-state index is 9.52. The molecule has 0 aliphatic heterocycles. The van der Waals surface area contributed by atoms with Gasteiger partial charge in [-0.15, -0.1) is 0 Å². The highest BCUT2D eigenvalue weighted by molar-refractivity contribution is 5.88. The number of ether oxygens (including phenoxy) is 1. The van der Waals surface area contributed by atoms with Gasteiger partial charge >= 0.3 is 0 Å². The predicted molar refractivity (Wildman–Crippen MR) is 113 cm³/mol. The summed E-state index contributed by atoms with van der Waals surface area (Å²) in [6, 6.07) is 10.4. The molecule has 3 heteroatoms. The van der Waals surface area contributed by atoms with Gasteiger partial charge in [0.1, 0.15) is 5.75 Å².